The van der Waals surface area contributed by atoms with E-state index in [9.17, 15) is 0 Å². The molecule has 0 radical (unpaired) electrons. The van der Waals surface area contributed by atoms with Gasteiger partial charge < -0.3 is 15.4 Å². The van der Waals surface area contributed by atoms with E-state index in [0.717, 1.165) is 19.5 Å². The largest absolute Gasteiger partial charge is 0.467 e. The van der Waals surface area contributed by atoms with Crippen molar-refractivity contribution in [1.29, 1.82) is 0 Å². The highest BCUT2D eigenvalue weighted by Gasteiger charge is 2.39. The number of aromatic nitrogens is 3. The maximum Gasteiger partial charge on any atom is 0.322 e. The fourth-order valence-electron chi connectivity index (χ4n) is 3.23. The minimum absolute atomic E-state index is 0.168. The predicted molar refractivity (Wildman–Crippen MR) is 72.4 cm³/mol. The molecule has 0 aromatic carbocycles. The molecule has 1 aliphatic carbocycles. The Morgan fingerprint density at radius 1 is 1.26 bits per heavy atom. The average molecular weight is 284 g/mol. The second-order valence-corrected chi connectivity index (χ2v) is 5.65. The van der Waals surface area contributed by atoms with Gasteiger partial charge in [-0.3, -0.25) is 0 Å². The molecule has 1 saturated carbocycles. The van der Waals surface area contributed by atoms with Gasteiger partial charge in [-0.15, -0.1) is 0 Å². The van der Waals surface area contributed by atoms with Crippen molar-refractivity contribution in [3.8, 4) is 6.01 Å². The Kier molecular flexibility index (Phi) is 3.45. The number of halogens is 1. The Bertz CT molecular complexity index is 471. The van der Waals surface area contributed by atoms with Gasteiger partial charge >= 0.3 is 6.01 Å². The molecule has 2 heterocycles. The van der Waals surface area contributed by atoms with E-state index in [1.807, 2.05) is 0 Å². The van der Waals surface area contributed by atoms with Gasteiger partial charge in [0.15, 0.2) is 0 Å². The molecule has 3 unspecified atom stereocenters. The smallest absolute Gasteiger partial charge is 0.322 e. The Labute approximate surface area is 117 Å². The molecule has 3 rings (SSSR count). The molecule has 0 bridgehead atoms. The van der Waals surface area contributed by atoms with Gasteiger partial charge in [-0.25, -0.2) is 0 Å². The number of fused-ring (bicyclic) bond motifs is 1. The first-order chi connectivity index (χ1) is 9.17. The first-order valence-corrected chi connectivity index (χ1v) is 7.01. The zero-order valence-electron chi connectivity index (χ0n) is 10.9. The van der Waals surface area contributed by atoms with Crippen molar-refractivity contribution < 1.29 is 4.74 Å². The number of nitrogens with two attached hydrogens (primary N) is 1. The summed E-state index contributed by atoms with van der Waals surface area (Å²) in [6.45, 7) is 1.84. The molecule has 1 aromatic heterocycles. The summed E-state index contributed by atoms with van der Waals surface area (Å²) in [5.74, 6) is 1.78. The third-order valence-electron chi connectivity index (χ3n) is 4.20. The van der Waals surface area contributed by atoms with Crippen molar-refractivity contribution in [2.75, 3.05) is 25.1 Å². The maximum absolute atomic E-state index is 6.22. The molecule has 6 nitrogen and oxygen atoms in total. The van der Waals surface area contributed by atoms with E-state index in [0.29, 0.717) is 23.8 Å². The van der Waals surface area contributed by atoms with Gasteiger partial charge in [0.2, 0.25) is 11.2 Å². The van der Waals surface area contributed by atoms with Gasteiger partial charge in [0.1, 0.15) is 0 Å². The zero-order valence-corrected chi connectivity index (χ0v) is 11.7. The normalized spacial score (nSPS) is 30.3. The molecule has 104 valence electrons. The average Bonchev–Trinajstić information content (AvgIpc) is 2.83. The van der Waals surface area contributed by atoms with Gasteiger partial charge in [-0.1, -0.05) is 6.42 Å². The molecule has 0 amide bonds. The van der Waals surface area contributed by atoms with Crippen molar-refractivity contribution in [2.24, 2.45) is 17.6 Å². The monoisotopic (exact) mass is 283 g/mol. The Morgan fingerprint density at radius 2 is 2.11 bits per heavy atom. The van der Waals surface area contributed by atoms with Crippen molar-refractivity contribution in [2.45, 2.75) is 25.3 Å². The first kappa shape index (κ1) is 12.9. The second kappa shape index (κ2) is 5.09. The van der Waals surface area contributed by atoms with Gasteiger partial charge in [0.25, 0.3) is 0 Å². The summed E-state index contributed by atoms with van der Waals surface area (Å²) in [7, 11) is 1.52. The van der Waals surface area contributed by atoms with Crippen LogP contribution < -0.4 is 15.4 Å². The fourth-order valence-corrected chi connectivity index (χ4v) is 3.38. The number of ether oxygens (including phenoxy) is 1. The van der Waals surface area contributed by atoms with Crippen LogP contribution in [0.5, 0.6) is 6.01 Å². The minimum Gasteiger partial charge on any atom is -0.467 e. The molecule has 19 heavy (non-hydrogen) atoms. The summed E-state index contributed by atoms with van der Waals surface area (Å²) in [6.07, 6.45) is 3.58. The summed E-state index contributed by atoms with van der Waals surface area (Å²) < 4.78 is 5.04. The van der Waals surface area contributed by atoms with E-state index in [1.165, 1.54) is 20.0 Å². The van der Waals surface area contributed by atoms with Crippen molar-refractivity contribution >= 4 is 17.5 Å². The quantitative estimate of drug-likeness (QED) is 0.876. The van der Waals surface area contributed by atoms with E-state index in [-0.39, 0.29) is 11.3 Å². The lowest BCUT2D eigenvalue weighted by atomic mass is 9.78. The highest BCUT2D eigenvalue weighted by molar-refractivity contribution is 6.28. The molecule has 1 aromatic rings. The lowest BCUT2D eigenvalue weighted by molar-refractivity contribution is 0.260. The summed E-state index contributed by atoms with van der Waals surface area (Å²) >= 11 is 5.90. The standard InChI is InChI=1S/C12H18ClN5O/c1-19-12-16-10(13)15-11(17-12)18-5-7-3-2-4-9(14)8(7)6-18/h7-9H,2-6,14H2,1H3. The van der Waals surface area contributed by atoms with Crippen LogP contribution in [0.15, 0.2) is 0 Å². The Balaban J connectivity index is 1.82. The summed E-state index contributed by atoms with van der Waals surface area (Å²) in [5, 5.41) is 0.168. The minimum atomic E-state index is 0.168. The van der Waals surface area contributed by atoms with Crippen LogP contribution in [0.1, 0.15) is 19.3 Å². The SMILES string of the molecule is COc1nc(Cl)nc(N2CC3CCCC(N)C3C2)n1. The molecule has 7 heteroatoms. The Hall–Kier alpha value is -1.14. The Morgan fingerprint density at radius 3 is 2.84 bits per heavy atom. The van der Waals surface area contributed by atoms with Crippen molar-refractivity contribution in [3.63, 3.8) is 0 Å². The molecule has 3 atom stereocenters. The van der Waals surface area contributed by atoms with E-state index in [2.05, 4.69) is 19.9 Å². The molecule has 1 saturated heterocycles. The molecule has 2 fully saturated rings. The van der Waals surface area contributed by atoms with Gasteiger partial charge in [-0.2, -0.15) is 15.0 Å². The second-order valence-electron chi connectivity index (χ2n) is 5.31. The number of nitrogens with zero attached hydrogens (tertiary/aromatic N) is 4. The van der Waals surface area contributed by atoms with Crippen LogP contribution >= 0.6 is 11.6 Å². The van der Waals surface area contributed by atoms with Crippen LogP contribution in [0.3, 0.4) is 0 Å². The highest BCUT2D eigenvalue weighted by atomic mass is 35.5. The van der Waals surface area contributed by atoms with Crippen molar-refractivity contribution in [3.05, 3.63) is 5.28 Å². The van der Waals surface area contributed by atoms with E-state index < -0.39 is 0 Å². The number of hydrogen-bond acceptors (Lipinski definition) is 6. The third-order valence-corrected chi connectivity index (χ3v) is 4.36. The van der Waals surface area contributed by atoms with Crippen molar-refractivity contribution in [1.82, 2.24) is 15.0 Å². The number of hydrogen-bond donors (Lipinski definition) is 1. The summed E-state index contributed by atoms with van der Waals surface area (Å²) in [6, 6.07) is 0.553. The molecule has 1 aliphatic heterocycles. The van der Waals surface area contributed by atoms with E-state index in [1.54, 1.807) is 0 Å². The first-order valence-electron chi connectivity index (χ1n) is 6.63. The van der Waals surface area contributed by atoms with Crippen LogP contribution in [-0.2, 0) is 0 Å². The van der Waals surface area contributed by atoms with Gasteiger partial charge in [-0.05, 0) is 36.3 Å². The maximum atomic E-state index is 6.22. The fraction of sp³-hybridized carbons (Fsp3) is 0.750. The van der Waals surface area contributed by atoms with Gasteiger partial charge in [0, 0.05) is 19.1 Å². The predicted octanol–water partition coefficient (Wildman–Crippen LogP) is 1.10. The molecule has 0 spiro atoms. The lowest BCUT2D eigenvalue weighted by Crippen LogP contribution is -2.38. The topological polar surface area (TPSA) is 77.2 Å². The summed E-state index contributed by atoms with van der Waals surface area (Å²) in [5.41, 5.74) is 6.22. The molecular formula is C12H18ClN5O. The number of methoxy groups -OCH3 is 1. The summed E-state index contributed by atoms with van der Waals surface area (Å²) in [4.78, 5) is 14.5. The van der Waals surface area contributed by atoms with Crippen LogP contribution in [0, 0.1) is 11.8 Å². The molecular weight excluding hydrogens is 266 g/mol. The third kappa shape index (κ3) is 2.47. The van der Waals surface area contributed by atoms with Crippen LogP contribution in [-0.4, -0.2) is 41.2 Å². The van der Waals surface area contributed by atoms with Crippen LogP contribution in [0.2, 0.25) is 5.28 Å². The lowest BCUT2D eigenvalue weighted by Gasteiger charge is -2.29. The molecule has 2 aliphatic rings. The number of anilines is 1. The van der Waals surface area contributed by atoms with Crippen LogP contribution in [0.4, 0.5) is 5.95 Å². The van der Waals surface area contributed by atoms with Crippen LogP contribution in [0.25, 0.3) is 0 Å². The van der Waals surface area contributed by atoms with E-state index >= 15 is 0 Å². The zero-order chi connectivity index (χ0) is 13.4. The molecule has 2 N–H and O–H groups in total. The van der Waals surface area contributed by atoms with Gasteiger partial charge in [0.05, 0.1) is 7.11 Å². The number of rotatable bonds is 2. The highest BCUT2D eigenvalue weighted by Crippen LogP contribution is 2.36. The van der Waals surface area contributed by atoms with E-state index in [4.69, 9.17) is 22.1 Å².